The van der Waals surface area contributed by atoms with E-state index >= 15 is 0 Å². The Balaban J connectivity index is 2.40. The molecule has 2 atom stereocenters. The van der Waals surface area contributed by atoms with Crippen molar-refractivity contribution >= 4 is 8.56 Å². The van der Waals surface area contributed by atoms with Crippen LogP contribution in [0.1, 0.15) is 71.5 Å². The Bertz CT molecular complexity index is 504. The predicted octanol–water partition coefficient (Wildman–Crippen LogP) is 5.52. The Morgan fingerprint density at radius 3 is 2.27 bits per heavy atom. The third-order valence-electron chi connectivity index (χ3n) is 5.00. The standard InChI is InChI=1S/C21H36O4Si/c1-5-15-24-26(18-6-2,21(8-4)22-16-12-17-23-21)25-20(7-3)19-13-10-9-11-14-19/h9-11,13-14,20H,5-8,12,15-18H2,1-4H3. The van der Waals surface area contributed by atoms with E-state index in [2.05, 4.69) is 52.0 Å². The second kappa shape index (κ2) is 10.6. The Labute approximate surface area is 160 Å². The highest BCUT2D eigenvalue weighted by atomic mass is 28.4. The molecule has 26 heavy (non-hydrogen) atoms. The summed E-state index contributed by atoms with van der Waals surface area (Å²) in [6.07, 6.45) is 4.55. The molecule has 0 amide bonds. The lowest BCUT2D eigenvalue weighted by molar-refractivity contribution is -0.241. The van der Waals surface area contributed by atoms with Crippen LogP contribution in [0.3, 0.4) is 0 Å². The zero-order valence-corrected chi connectivity index (χ0v) is 18.0. The molecule has 4 nitrogen and oxygen atoms in total. The van der Waals surface area contributed by atoms with Crippen LogP contribution in [-0.2, 0) is 18.3 Å². The third kappa shape index (κ3) is 4.76. The summed E-state index contributed by atoms with van der Waals surface area (Å²) in [5.41, 5.74) is 0.490. The van der Waals surface area contributed by atoms with Crippen molar-refractivity contribution in [2.75, 3.05) is 19.8 Å². The van der Waals surface area contributed by atoms with Crippen LogP contribution in [0.2, 0.25) is 6.04 Å². The molecular weight excluding hydrogens is 344 g/mol. The normalized spacial score (nSPS) is 20.5. The van der Waals surface area contributed by atoms with E-state index < -0.39 is 14.0 Å². The van der Waals surface area contributed by atoms with E-state index in [1.54, 1.807) is 0 Å². The van der Waals surface area contributed by atoms with E-state index in [1.165, 1.54) is 5.56 Å². The minimum Gasteiger partial charge on any atom is -0.391 e. The van der Waals surface area contributed by atoms with Crippen LogP contribution in [0, 0.1) is 0 Å². The average molecular weight is 381 g/mol. The highest BCUT2D eigenvalue weighted by Crippen LogP contribution is 2.41. The van der Waals surface area contributed by atoms with Gasteiger partial charge in [0.05, 0.1) is 19.3 Å². The molecule has 0 aromatic heterocycles. The molecule has 5 heteroatoms. The van der Waals surface area contributed by atoms with E-state index in [9.17, 15) is 0 Å². The number of benzene rings is 1. The lowest BCUT2D eigenvalue weighted by Gasteiger charge is -2.49. The SMILES string of the molecule is CCCO[Si](CCC)(OC(CC)c1ccccc1)C1(CC)OCCCO1. The van der Waals surface area contributed by atoms with Gasteiger partial charge in [0, 0.05) is 13.0 Å². The van der Waals surface area contributed by atoms with Crippen LogP contribution >= 0.6 is 0 Å². The average Bonchev–Trinajstić information content (AvgIpc) is 2.71. The summed E-state index contributed by atoms with van der Waals surface area (Å²) in [6.45, 7) is 10.7. The number of rotatable bonds is 11. The molecule has 1 fully saturated rings. The van der Waals surface area contributed by atoms with Gasteiger partial charge in [-0.15, -0.1) is 0 Å². The molecule has 0 saturated carbocycles. The molecule has 1 aliphatic heterocycles. The second-order valence-electron chi connectivity index (χ2n) is 6.93. The zero-order chi connectivity index (χ0) is 18.9. The van der Waals surface area contributed by atoms with Gasteiger partial charge in [-0.25, -0.2) is 0 Å². The summed E-state index contributed by atoms with van der Waals surface area (Å²) in [7, 11) is -2.78. The quantitative estimate of drug-likeness (QED) is 0.474. The van der Waals surface area contributed by atoms with Crippen LogP contribution in [0.25, 0.3) is 0 Å². The van der Waals surface area contributed by atoms with Gasteiger partial charge in [0.25, 0.3) is 0 Å². The fourth-order valence-electron chi connectivity index (χ4n) is 3.70. The van der Waals surface area contributed by atoms with Crippen molar-refractivity contribution in [2.24, 2.45) is 0 Å². The topological polar surface area (TPSA) is 36.9 Å². The van der Waals surface area contributed by atoms with Gasteiger partial charge in [-0.3, -0.25) is 0 Å². The van der Waals surface area contributed by atoms with Crippen molar-refractivity contribution < 1.29 is 18.3 Å². The molecule has 1 aromatic carbocycles. The van der Waals surface area contributed by atoms with Crippen molar-refractivity contribution in [1.29, 1.82) is 0 Å². The first-order valence-corrected chi connectivity index (χ1v) is 12.3. The minimum absolute atomic E-state index is 0.00354. The van der Waals surface area contributed by atoms with Gasteiger partial charge in [0.2, 0.25) is 5.41 Å². The summed E-state index contributed by atoms with van der Waals surface area (Å²) in [5, 5.41) is 0. The van der Waals surface area contributed by atoms with Crippen molar-refractivity contribution in [2.45, 2.75) is 77.4 Å². The number of hydrogen-bond donors (Lipinski definition) is 0. The maximum Gasteiger partial charge on any atom is 0.400 e. The Morgan fingerprint density at radius 1 is 1.04 bits per heavy atom. The minimum atomic E-state index is -2.78. The van der Waals surface area contributed by atoms with Gasteiger partial charge in [-0.1, -0.05) is 64.4 Å². The molecule has 2 unspecified atom stereocenters. The van der Waals surface area contributed by atoms with Crippen molar-refractivity contribution in [3.63, 3.8) is 0 Å². The van der Waals surface area contributed by atoms with Crippen LogP contribution in [0.15, 0.2) is 30.3 Å². The predicted molar refractivity (Wildman–Crippen MR) is 107 cm³/mol. The van der Waals surface area contributed by atoms with Crippen LogP contribution < -0.4 is 0 Å². The lowest BCUT2D eigenvalue weighted by atomic mass is 10.1. The van der Waals surface area contributed by atoms with Crippen molar-refractivity contribution in [1.82, 2.24) is 0 Å². The van der Waals surface area contributed by atoms with Crippen LogP contribution in [0.4, 0.5) is 0 Å². The van der Waals surface area contributed by atoms with Gasteiger partial charge >= 0.3 is 8.56 Å². The lowest BCUT2D eigenvalue weighted by Crippen LogP contribution is -2.67. The van der Waals surface area contributed by atoms with Crippen molar-refractivity contribution in [3.8, 4) is 0 Å². The molecule has 1 aliphatic rings. The summed E-state index contributed by atoms with van der Waals surface area (Å²) in [4.78, 5) is 0. The second-order valence-corrected chi connectivity index (χ2v) is 10.2. The van der Waals surface area contributed by atoms with Gasteiger partial charge in [-0.2, -0.15) is 0 Å². The Kier molecular flexibility index (Phi) is 8.77. The zero-order valence-electron chi connectivity index (χ0n) is 17.0. The molecule has 0 spiro atoms. The first-order valence-electron chi connectivity index (χ1n) is 10.3. The molecule has 0 aliphatic carbocycles. The van der Waals surface area contributed by atoms with E-state index in [1.807, 2.05) is 6.07 Å². The van der Waals surface area contributed by atoms with E-state index in [0.717, 1.165) is 38.1 Å². The first-order chi connectivity index (χ1) is 12.7. The first kappa shape index (κ1) is 21.6. The molecule has 0 N–H and O–H groups in total. The van der Waals surface area contributed by atoms with E-state index in [0.29, 0.717) is 19.8 Å². The summed E-state index contributed by atoms with van der Waals surface area (Å²) < 4.78 is 26.1. The number of ether oxygens (including phenoxy) is 2. The highest BCUT2D eigenvalue weighted by Gasteiger charge is 2.61. The molecule has 0 bridgehead atoms. The van der Waals surface area contributed by atoms with Gasteiger partial charge < -0.3 is 18.3 Å². The monoisotopic (exact) mass is 380 g/mol. The Morgan fingerprint density at radius 2 is 1.73 bits per heavy atom. The van der Waals surface area contributed by atoms with Crippen LogP contribution in [-0.4, -0.2) is 33.8 Å². The maximum absolute atomic E-state index is 6.92. The molecule has 0 radical (unpaired) electrons. The van der Waals surface area contributed by atoms with Gasteiger partial charge in [0.1, 0.15) is 0 Å². The third-order valence-corrected chi connectivity index (χ3v) is 9.30. The maximum atomic E-state index is 6.92. The molecule has 1 saturated heterocycles. The summed E-state index contributed by atoms with van der Waals surface area (Å²) >= 11 is 0. The molecule has 1 heterocycles. The fourth-order valence-corrected chi connectivity index (χ4v) is 7.95. The van der Waals surface area contributed by atoms with E-state index in [4.69, 9.17) is 18.3 Å². The van der Waals surface area contributed by atoms with E-state index in [-0.39, 0.29) is 6.10 Å². The molecule has 148 valence electrons. The largest absolute Gasteiger partial charge is 0.400 e. The van der Waals surface area contributed by atoms with Gasteiger partial charge in [0.15, 0.2) is 0 Å². The van der Waals surface area contributed by atoms with Crippen LogP contribution in [0.5, 0.6) is 0 Å². The molecule has 1 aromatic rings. The molecule has 2 rings (SSSR count). The summed E-state index contributed by atoms with van der Waals surface area (Å²) in [5.74, 6) is 0. The summed E-state index contributed by atoms with van der Waals surface area (Å²) in [6, 6.07) is 11.3. The smallest absolute Gasteiger partial charge is 0.391 e. The van der Waals surface area contributed by atoms with Gasteiger partial charge in [-0.05, 0) is 30.9 Å². The Hall–Kier alpha value is -0.723. The highest BCUT2D eigenvalue weighted by molar-refractivity contribution is 6.70. The number of hydrogen-bond acceptors (Lipinski definition) is 4. The van der Waals surface area contributed by atoms with Crippen molar-refractivity contribution in [3.05, 3.63) is 35.9 Å². The fraction of sp³-hybridized carbons (Fsp3) is 0.714. The molecular formula is C21H36O4Si.